The molecule has 1 saturated heterocycles. The van der Waals surface area contributed by atoms with Crippen LogP contribution in [0.1, 0.15) is 32.3 Å². The van der Waals surface area contributed by atoms with Gasteiger partial charge in [0.2, 0.25) is 0 Å². The number of ether oxygens (including phenoxy) is 1. The van der Waals surface area contributed by atoms with Crippen LogP contribution in [0.5, 0.6) is 5.75 Å². The summed E-state index contributed by atoms with van der Waals surface area (Å²) in [6, 6.07) is 7.82. The maximum Gasteiger partial charge on any atom is 0.124 e. The van der Waals surface area contributed by atoms with Gasteiger partial charge in [-0.2, -0.15) is 0 Å². The molecule has 1 aliphatic heterocycles. The Bertz CT molecular complexity index is 409. The van der Waals surface area contributed by atoms with Gasteiger partial charge in [0.15, 0.2) is 0 Å². The Morgan fingerprint density at radius 2 is 1.89 bits per heavy atom. The molecule has 0 atom stereocenters. The third kappa shape index (κ3) is 3.28. The van der Waals surface area contributed by atoms with Crippen molar-refractivity contribution in [1.29, 1.82) is 0 Å². The van der Waals surface area contributed by atoms with Crippen LogP contribution < -0.4 is 4.74 Å². The summed E-state index contributed by atoms with van der Waals surface area (Å²) in [4.78, 5) is 2.44. The van der Waals surface area contributed by atoms with Gasteiger partial charge in [0.05, 0.1) is 12.7 Å². The number of hydrogen-bond acceptors (Lipinski definition) is 3. The molecule has 0 saturated carbocycles. The number of para-hydroxylation sites is 1. The molecule has 1 aromatic rings. The zero-order chi connectivity index (χ0) is 13.9. The molecule has 3 nitrogen and oxygen atoms in total. The van der Waals surface area contributed by atoms with Gasteiger partial charge in [-0.1, -0.05) is 32.0 Å². The van der Waals surface area contributed by atoms with Crippen LogP contribution >= 0.6 is 0 Å². The molecule has 1 fully saturated rings. The van der Waals surface area contributed by atoms with E-state index in [0.29, 0.717) is 5.92 Å². The Labute approximate surface area is 116 Å². The largest absolute Gasteiger partial charge is 0.496 e. The van der Waals surface area contributed by atoms with E-state index in [9.17, 15) is 5.11 Å². The minimum atomic E-state index is -0.736. The SMILES string of the molecule is COc1ccccc1C1(O)CCN(CC(C)C)CC1. The molecule has 2 rings (SSSR count). The van der Waals surface area contributed by atoms with Crippen LogP contribution in [0.25, 0.3) is 0 Å². The van der Waals surface area contributed by atoms with Gasteiger partial charge in [-0.25, -0.2) is 0 Å². The summed E-state index contributed by atoms with van der Waals surface area (Å²) in [5, 5.41) is 10.9. The first kappa shape index (κ1) is 14.4. The number of nitrogens with zero attached hydrogens (tertiary/aromatic N) is 1. The van der Waals surface area contributed by atoms with Crippen molar-refractivity contribution in [2.45, 2.75) is 32.3 Å². The van der Waals surface area contributed by atoms with Crippen molar-refractivity contribution in [1.82, 2.24) is 4.90 Å². The van der Waals surface area contributed by atoms with Crippen molar-refractivity contribution in [3.8, 4) is 5.75 Å². The van der Waals surface area contributed by atoms with E-state index in [2.05, 4.69) is 18.7 Å². The summed E-state index contributed by atoms with van der Waals surface area (Å²) in [7, 11) is 1.66. The number of likely N-dealkylation sites (tertiary alicyclic amines) is 1. The van der Waals surface area contributed by atoms with E-state index in [1.807, 2.05) is 24.3 Å². The van der Waals surface area contributed by atoms with Gasteiger partial charge in [0, 0.05) is 25.2 Å². The molecule has 106 valence electrons. The lowest BCUT2D eigenvalue weighted by molar-refractivity contribution is -0.0294. The van der Waals surface area contributed by atoms with Crippen molar-refractivity contribution < 1.29 is 9.84 Å². The summed E-state index contributed by atoms with van der Waals surface area (Å²) in [5.74, 6) is 1.47. The van der Waals surface area contributed by atoms with Crippen LogP contribution in [0.3, 0.4) is 0 Å². The Morgan fingerprint density at radius 3 is 2.47 bits per heavy atom. The Morgan fingerprint density at radius 1 is 1.26 bits per heavy atom. The molecule has 0 spiro atoms. The van der Waals surface area contributed by atoms with Crippen LogP contribution in [0.15, 0.2) is 24.3 Å². The molecule has 1 aromatic carbocycles. The molecule has 0 aromatic heterocycles. The number of hydrogen-bond donors (Lipinski definition) is 1. The van der Waals surface area contributed by atoms with Gasteiger partial charge < -0.3 is 14.7 Å². The molecule has 0 unspecified atom stereocenters. The van der Waals surface area contributed by atoms with Gasteiger partial charge in [0.25, 0.3) is 0 Å². The Kier molecular flexibility index (Phi) is 4.48. The van der Waals surface area contributed by atoms with Crippen molar-refractivity contribution >= 4 is 0 Å². The minimum absolute atomic E-state index is 0.678. The van der Waals surface area contributed by atoms with Crippen LogP contribution in [-0.2, 0) is 5.60 Å². The molecule has 1 heterocycles. The first-order valence-electron chi connectivity index (χ1n) is 7.13. The van der Waals surface area contributed by atoms with Crippen molar-refractivity contribution in [2.24, 2.45) is 5.92 Å². The number of aliphatic hydroxyl groups is 1. The van der Waals surface area contributed by atoms with E-state index in [4.69, 9.17) is 4.74 Å². The van der Waals surface area contributed by atoms with E-state index in [1.54, 1.807) is 7.11 Å². The molecule has 0 aliphatic carbocycles. The van der Waals surface area contributed by atoms with Crippen LogP contribution in [-0.4, -0.2) is 36.8 Å². The summed E-state index contributed by atoms with van der Waals surface area (Å²) >= 11 is 0. The van der Waals surface area contributed by atoms with Gasteiger partial charge >= 0.3 is 0 Å². The molecular formula is C16H25NO2. The first-order chi connectivity index (χ1) is 9.05. The van der Waals surface area contributed by atoms with Gasteiger partial charge in [-0.3, -0.25) is 0 Å². The summed E-state index contributed by atoms with van der Waals surface area (Å²) < 4.78 is 5.38. The Hall–Kier alpha value is -1.06. The summed E-state index contributed by atoms with van der Waals surface area (Å²) in [6.07, 6.45) is 1.56. The smallest absolute Gasteiger partial charge is 0.124 e. The second-order valence-electron chi connectivity index (χ2n) is 5.93. The number of rotatable bonds is 4. The second kappa shape index (κ2) is 5.93. The average molecular weight is 263 g/mol. The lowest BCUT2D eigenvalue weighted by atomic mass is 9.83. The van der Waals surface area contributed by atoms with E-state index in [1.165, 1.54) is 0 Å². The lowest BCUT2D eigenvalue weighted by Crippen LogP contribution is -2.43. The van der Waals surface area contributed by atoms with Crippen molar-refractivity contribution in [2.75, 3.05) is 26.7 Å². The van der Waals surface area contributed by atoms with Gasteiger partial charge in [-0.15, -0.1) is 0 Å². The number of piperidine rings is 1. The molecule has 0 amide bonds. The third-order valence-corrected chi connectivity index (χ3v) is 3.91. The monoisotopic (exact) mass is 263 g/mol. The van der Waals surface area contributed by atoms with Crippen LogP contribution in [0, 0.1) is 5.92 Å². The van der Waals surface area contributed by atoms with E-state index < -0.39 is 5.60 Å². The molecule has 0 bridgehead atoms. The molecule has 1 aliphatic rings. The summed E-state index contributed by atoms with van der Waals surface area (Å²) in [5.41, 5.74) is 0.196. The van der Waals surface area contributed by atoms with E-state index in [-0.39, 0.29) is 0 Å². The van der Waals surface area contributed by atoms with Crippen molar-refractivity contribution in [3.63, 3.8) is 0 Å². The predicted molar refractivity (Wildman–Crippen MR) is 77.4 cm³/mol. The van der Waals surface area contributed by atoms with Crippen LogP contribution in [0.2, 0.25) is 0 Å². The maximum atomic E-state index is 10.9. The maximum absolute atomic E-state index is 10.9. The third-order valence-electron chi connectivity index (χ3n) is 3.91. The highest BCUT2D eigenvalue weighted by Crippen LogP contribution is 2.37. The second-order valence-corrected chi connectivity index (χ2v) is 5.93. The molecule has 19 heavy (non-hydrogen) atoms. The highest BCUT2D eigenvalue weighted by atomic mass is 16.5. The molecular weight excluding hydrogens is 238 g/mol. The summed E-state index contributed by atoms with van der Waals surface area (Å²) in [6.45, 7) is 7.49. The highest BCUT2D eigenvalue weighted by molar-refractivity contribution is 5.38. The van der Waals surface area contributed by atoms with Gasteiger partial charge in [0.1, 0.15) is 5.75 Å². The normalized spacial score (nSPS) is 19.6. The predicted octanol–water partition coefficient (Wildman–Crippen LogP) is 2.63. The zero-order valence-electron chi connectivity index (χ0n) is 12.2. The molecule has 3 heteroatoms. The first-order valence-corrected chi connectivity index (χ1v) is 7.13. The standard InChI is InChI=1S/C16H25NO2/c1-13(2)12-17-10-8-16(18,9-11-17)14-6-4-5-7-15(14)19-3/h4-7,13,18H,8-12H2,1-3H3. The van der Waals surface area contributed by atoms with Crippen LogP contribution in [0.4, 0.5) is 0 Å². The topological polar surface area (TPSA) is 32.7 Å². The lowest BCUT2D eigenvalue weighted by Gasteiger charge is -2.39. The average Bonchev–Trinajstić information content (AvgIpc) is 2.41. The minimum Gasteiger partial charge on any atom is -0.496 e. The Balaban J connectivity index is 2.09. The zero-order valence-corrected chi connectivity index (χ0v) is 12.2. The quantitative estimate of drug-likeness (QED) is 0.906. The number of benzene rings is 1. The van der Waals surface area contributed by atoms with E-state index in [0.717, 1.165) is 43.8 Å². The fourth-order valence-electron chi connectivity index (χ4n) is 2.92. The molecule has 1 N–H and O–H groups in total. The fraction of sp³-hybridized carbons (Fsp3) is 0.625. The highest BCUT2D eigenvalue weighted by Gasteiger charge is 2.35. The number of methoxy groups -OCH3 is 1. The van der Waals surface area contributed by atoms with Gasteiger partial charge in [-0.05, 0) is 24.8 Å². The van der Waals surface area contributed by atoms with Crippen molar-refractivity contribution in [3.05, 3.63) is 29.8 Å². The van der Waals surface area contributed by atoms with E-state index >= 15 is 0 Å². The fourth-order valence-corrected chi connectivity index (χ4v) is 2.92. The molecule has 0 radical (unpaired) electrons.